The number of aromatic nitrogens is 2. The SMILES string of the molecule is N#Cc1ccccc1S(=O)(=O)Nc1ccc(F)c(C(=O)c2c[nH]c3ncc(Cl)cc23)c1F. The second-order valence-corrected chi connectivity index (χ2v) is 8.67. The van der Waals surface area contributed by atoms with Crippen LogP contribution >= 0.6 is 11.6 Å². The van der Waals surface area contributed by atoms with Gasteiger partial charge < -0.3 is 4.98 Å². The van der Waals surface area contributed by atoms with Crippen LogP contribution in [0.15, 0.2) is 59.8 Å². The van der Waals surface area contributed by atoms with Crippen molar-refractivity contribution in [3.8, 4) is 6.07 Å². The fraction of sp³-hybridized carbons (Fsp3) is 0. The Bertz CT molecular complexity index is 1540. The lowest BCUT2D eigenvalue weighted by molar-refractivity contribution is 0.103. The molecule has 2 N–H and O–H groups in total. The molecule has 32 heavy (non-hydrogen) atoms. The number of rotatable bonds is 5. The maximum absolute atomic E-state index is 15.2. The lowest BCUT2D eigenvalue weighted by Crippen LogP contribution is -2.17. The minimum atomic E-state index is -4.41. The Morgan fingerprint density at radius 2 is 1.94 bits per heavy atom. The maximum Gasteiger partial charge on any atom is 0.263 e. The Morgan fingerprint density at radius 3 is 2.69 bits per heavy atom. The van der Waals surface area contributed by atoms with Gasteiger partial charge in [0.05, 0.1) is 21.8 Å². The van der Waals surface area contributed by atoms with Crippen LogP contribution in [0, 0.1) is 23.0 Å². The highest BCUT2D eigenvalue weighted by atomic mass is 35.5. The van der Waals surface area contributed by atoms with Crippen LogP contribution in [0.25, 0.3) is 11.0 Å². The highest BCUT2D eigenvalue weighted by molar-refractivity contribution is 7.92. The number of carbonyl (C=O) groups is 1. The monoisotopic (exact) mass is 472 g/mol. The summed E-state index contributed by atoms with van der Waals surface area (Å²) in [5, 5.41) is 9.60. The number of benzene rings is 2. The van der Waals surface area contributed by atoms with Crippen molar-refractivity contribution in [2.24, 2.45) is 0 Å². The molecule has 4 rings (SSSR count). The second kappa shape index (κ2) is 8.03. The number of aromatic amines is 1. The van der Waals surface area contributed by atoms with Gasteiger partial charge in [0.2, 0.25) is 5.78 Å². The van der Waals surface area contributed by atoms with Crippen molar-refractivity contribution in [3.05, 3.63) is 88.2 Å². The molecule has 2 aromatic carbocycles. The molecule has 160 valence electrons. The molecule has 0 amide bonds. The minimum absolute atomic E-state index is 0.0948. The van der Waals surface area contributed by atoms with E-state index in [4.69, 9.17) is 16.9 Å². The first-order chi connectivity index (χ1) is 15.2. The van der Waals surface area contributed by atoms with Crippen molar-refractivity contribution < 1.29 is 22.0 Å². The van der Waals surface area contributed by atoms with E-state index in [1.54, 1.807) is 6.07 Å². The zero-order valence-electron chi connectivity index (χ0n) is 15.9. The number of H-pyrrole nitrogens is 1. The minimum Gasteiger partial charge on any atom is -0.345 e. The second-order valence-electron chi connectivity index (χ2n) is 6.58. The number of nitrogens with zero attached hydrogens (tertiary/aromatic N) is 2. The topological polar surface area (TPSA) is 116 Å². The highest BCUT2D eigenvalue weighted by Crippen LogP contribution is 2.29. The molecule has 2 heterocycles. The van der Waals surface area contributed by atoms with Crippen LogP contribution < -0.4 is 4.72 Å². The molecule has 4 aromatic rings. The molecule has 0 aliphatic heterocycles. The van der Waals surface area contributed by atoms with Crippen LogP contribution in [-0.4, -0.2) is 24.2 Å². The van der Waals surface area contributed by atoms with Gasteiger partial charge >= 0.3 is 0 Å². The van der Waals surface area contributed by atoms with E-state index in [1.807, 2.05) is 4.72 Å². The number of nitrogens with one attached hydrogen (secondary N) is 2. The van der Waals surface area contributed by atoms with Crippen LogP contribution in [0.2, 0.25) is 5.02 Å². The lowest BCUT2D eigenvalue weighted by Gasteiger charge is -2.12. The van der Waals surface area contributed by atoms with Gasteiger partial charge in [-0.3, -0.25) is 9.52 Å². The van der Waals surface area contributed by atoms with E-state index in [0.717, 1.165) is 18.2 Å². The van der Waals surface area contributed by atoms with Crippen molar-refractivity contribution in [1.82, 2.24) is 9.97 Å². The third-order valence-corrected chi connectivity index (χ3v) is 6.23. The van der Waals surface area contributed by atoms with Gasteiger partial charge in [0.1, 0.15) is 22.4 Å². The normalized spacial score (nSPS) is 11.3. The number of anilines is 1. The summed E-state index contributed by atoms with van der Waals surface area (Å²) in [4.78, 5) is 19.3. The summed E-state index contributed by atoms with van der Waals surface area (Å²) in [7, 11) is -4.41. The molecule has 0 unspecified atom stereocenters. The molecule has 2 aromatic heterocycles. The van der Waals surface area contributed by atoms with Crippen molar-refractivity contribution in [1.29, 1.82) is 5.26 Å². The number of hydrogen-bond acceptors (Lipinski definition) is 5. The van der Waals surface area contributed by atoms with Crippen LogP contribution in [-0.2, 0) is 10.0 Å². The van der Waals surface area contributed by atoms with E-state index in [2.05, 4.69) is 9.97 Å². The van der Waals surface area contributed by atoms with Gasteiger partial charge in [-0.1, -0.05) is 23.7 Å². The molecule has 0 saturated carbocycles. The molecule has 0 radical (unpaired) electrons. The van der Waals surface area contributed by atoms with Crippen molar-refractivity contribution in [2.75, 3.05) is 4.72 Å². The summed E-state index contributed by atoms with van der Waals surface area (Å²) in [6.07, 6.45) is 2.57. The summed E-state index contributed by atoms with van der Waals surface area (Å²) in [6.45, 7) is 0. The predicted molar refractivity (Wildman–Crippen MR) is 113 cm³/mol. The van der Waals surface area contributed by atoms with Gasteiger partial charge in [-0.05, 0) is 30.3 Å². The summed E-state index contributed by atoms with van der Waals surface area (Å²) in [6, 6.07) is 10.1. The standard InChI is InChI=1S/C21H11ClF2N4O3S/c22-12-7-13-14(10-27-21(13)26-9-12)20(29)18-15(23)5-6-16(19(18)24)28-32(30,31)17-4-2-1-3-11(17)8-25/h1-7,9-10,28H,(H,26,27). The number of pyridine rings is 1. The fourth-order valence-corrected chi connectivity index (χ4v) is 4.51. The van der Waals surface area contributed by atoms with Crippen LogP contribution in [0.5, 0.6) is 0 Å². The molecule has 0 aliphatic carbocycles. The lowest BCUT2D eigenvalue weighted by atomic mass is 10.0. The first-order valence-electron chi connectivity index (χ1n) is 8.90. The Balaban J connectivity index is 1.79. The summed E-state index contributed by atoms with van der Waals surface area (Å²) in [5.41, 5.74) is -1.59. The molecular weight excluding hydrogens is 462 g/mol. The summed E-state index contributed by atoms with van der Waals surface area (Å²) < 4.78 is 57.1. The zero-order chi connectivity index (χ0) is 23.0. The summed E-state index contributed by atoms with van der Waals surface area (Å²) >= 11 is 5.91. The average molecular weight is 473 g/mol. The fourth-order valence-electron chi connectivity index (χ4n) is 3.13. The Kier molecular flexibility index (Phi) is 5.38. The third-order valence-electron chi connectivity index (χ3n) is 4.60. The molecule has 0 atom stereocenters. The van der Waals surface area contributed by atoms with E-state index in [0.29, 0.717) is 0 Å². The van der Waals surface area contributed by atoms with Gasteiger partial charge in [-0.25, -0.2) is 22.2 Å². The molecule has 0 fully saturated rings. The molecule has 11 heteroatoms. The van der Waals surface area contributed by atoms with Gasteiger partial charge in [-0.15, -0.1) is 0 Å². The van der Waals surface area contributed by atoms with E-state index >= 15 is 4.39 Å². The predicted octanol–water partition coefficient (Wildman–Crippen LogP) is 4.40. The van der Waals surface area contributed by atoms with E-state index in [1.165, 1.54) is 36.7 Å². The number of fused-ring (bicyclic) bond motifs is 1. The Hall–Kier alpha value is -3.81. The largest absolute Gasteiger partial charge is 0.345 e. The number of carbonyl (C=O) groups excluding carboxylic acids is 1. The van der Waals surface area contributed by atoms with E-state index in [-0.39, 0.29) is 27.2 Å². The van der Waals surface area contributed by atoms with Crippen LogP contribution in [0.4, 0.5) is 14.5 Å². The van der Waals surface area contributed by atoms with Crippen molar-refractivity contribution in [3.63, 3.8) is 0 Å². The number of nitriles is 1. The molecule has 7 nitrogen and oxygen atoms in total. The van der Waals surface area contributed by atoms with Gasteiger partial charge in [0.15, 0.2) is 5.82 Å². The average Bonchev–Trinajstić information content (AvgIpc) is 3.18. The molecular formula is C21H11ClF2N4O3S. The summed E-state index contributed by atoms with van der Waals surface area (Å²) in [5.74, 6) is -3.62. The van der Waals surface area contributed by atoms with Gasteiger partial charge in [0, 0.05) is 23.3 Å². The molecule has 0 bridgehead atoms. The van der Waals surface area contributed by atoms with E-state index < -0.39 is 43.6 Å². The highest BCUT2D eigenvalue weighted by Gasteiger charge is 2.27. The van der Waals surface area contributed by atoms with Crippen molar-refractivity contribution >= 4 is 44.1 Å². The third kappa shape index (κ3) is 3.68. The number of hydrogen-bond donors (Lipinski definition) is 2. The Labute approximate surface area is 185 Å². The number of sulfonamides is 1. The van der Waals surface area contributed by atoms with Gasteiger partial charge in [-0.2, -0.15) is 5.26 Å². The van der Waals surface area contributed by atoms with Crippen LogP contribution in [0.3, 0.4) is 0 Å². The zero-order valence-corrected chi connectivity index (χ0v) is 17.4. The molecule has 0 spiro atoms. The quantitative estimate of drug-likeness (QED) is 0.418. The van der Waals surface area contributed by atoms with Gasteiger partial charge in [0.25, 0.3) is 10.0 Å². The van der Waals surface area contributed by atoms with E-state index in [9.17, 15) is 17.6 Å². The number of halogens is 3. The van der Waals surface area contributed by atoms with Crippen molar-refractivity contribution in [2.45, 2.75) is 4.90 Å². The number of ketones is 1. The molecule has 0 aliphatic rings. The first kappa shape index (κ1) is 21.4. The molecule has 0 saturated heterocycles. The smallest absolute Gasteiger partial charge is 0.263 e. The van der Waals surface area contributed by atoms with Crippen LogP contribution in [0.1, 0.15) is 21.5 Å². The maximum atomic E-state index is 15.2. The Morgan fingerprint density at radius 1 is 1.19 bits per heavy atom. The first-order valence-corrected chi connectivity index (χ1v) is 10.8.